The van der Waals surface area contributed by atoms with Gasteiger partial charge in [-0.3, -0.25) is 0 Å². The Morgan fingerprint density at radius 2 is 1.90 bits per heavy atom. The minimum Gasteiger partial charge on any atom is -0.327 e. The number of benzene rings is 1. The molecule has 1 aliphatic carbocycles. The number of aryl methyl sites for hydroxylation is 1. The van der Waals surface area contributed by atoms with E-state index in [1.54, 1.807) is 30.5 Å². The zero-order valence-corrected chi connectivity index (χ0v) is 17.3. The molecule has 2 aromatic heterocycles. The lowest BCUT2D eigenvalue weighted by Gasteiger charge is -2.10. The third-order valence-corrected chi connectivity index (χ3v) is 6.28. The zero-order chi connectivity index (χ0) is 20.4. The second-order valence-electron chi connectivity index (χ2n) is 7.15. The highest BCUT2D eigenvalue weighted by Crippen LogP contribution is 2.24. The van der Waals surface area contributed by atoms with Gasteiger partial charge in [-0.1, -0.05) is 6.92 Å². The SMILES string of the molecule is CCCn1c(-c2ccnc(Nc3ccc(S(=O)(=O)NC4CC4)cc3)n2)cnc1C. The molecule has 0 aliphatic heterocycles. The Hall–Kier alpha value is -2.78. The summed E-state index contributed by atoms with van der Waals surface area (Å²) >= 11 is 0. The van der Waals surface area contributed by atoms with Crippen LogP contribution < -0.4 is 10.0 Å². The van der Waals surface area contributed by atoms with Gasteiger partial charge in [-0.2, -0.15) is 0 Å². The van der Waals surface area contributed by atoms with Crippen molar-refractivity contribution in [2.24, 2.45) is 0 Å². The van der Waals surface area contributed by atoms with Crippen LogP contribution in [0, 0.1) is 6.92 Å². The van der Waals surface area contributed by atoms with Crippen molar-refractivity contribution in [3.05, 3.63) is 48.5 Å². The molecule has 29 heavy (non-hydrogen) atoms. The normalized spacial score (nSPS) is 14.1. The van der Waals surface area contributed by atoms with Crippen molar-refractivity contribution in [3.8, 4) is 11.4 Å². The predicted octanol–water partition coefficient (Wildman–Crippen LogP) is 3.24. The number of imidazole rings is 1. The molecule has 0 radical (unpaired) electrons. The smallest absolute Gasteiger partial charge is 0.240 e. The molecular weight excluding hydrogens is 388 g/mol. The topological polar surface area (TPSA) is 102 Å². The van der Waals surface area contributed by atoms with E-state index in [2.05, 4.69) is 36.5 Å². The maximum absolute atomic E-state index is 12.3. The quantitative estimate of drug-likeness (QED) is 0.589. The van der Waals surface area contributed by atoms with Gasteiger partial charge in [-0.25, -0.2) is 28.1 Å². The van der Waals surface area contributed by atoms with Crippen LogP contribution in [0.15, 0.2) is 47.6 Å². The third-order valence-electron chi connectivity index (χ3n) is 4.74. The Bertz CT molecular complexity index is 1100. The van der Waals surface area contributed by atoms with E-state index in [4.69, 9.17) is 0 Å². The Morgan fingerprint density at radius 3 is 2.59 bits per heavy atom. The second kappa shape index (κ2) is 7.92. The number of hydrogen-bond acceptors (Lipinski definition) is 6. The van der Waals surface area contributed by atoms with E-state index >= 15 is 0 Å². The summed E-state index contributed by atoms with van der Waals surface area (Å²) < 4.78 is 29.4. The minimum atomic E-state index is -3.46. The van der Waals surface area contributed by atoms with Crippen molar-refractivity contribution >= 4 is 21.7 Å². The van der Waals surface area contributed by atoms with Gasteiger partial charge in [0.05, 0.1) is 22.5 Å². The van der Waals surface area contributed by atoms with Gasteiger partial charge >= 0.3 is 0 Å². The number of sulfonamides is 1. The van der Waals surface area contributed by atoms with Gasteiger partial charge in [0.25, 0.3) is 0 Å². The van der Waals surface area contributed by atoms with Crippen molar-refractivity contribution < 1.29 is 8.42 Å². The molecule has 0 bridgehead atoms. The van der Waals surface area contributed by atoms with Crippen LogP contribution in [0.2, 0.25) is 0 Å². The van der Waals surface area contributed by atoms with E-state index in [1.165, 1.54) is 0 Å². The van der Waals surface area contributed by atoms with Gasteiger partial charge in [0.2, 0.25) is 16.0 Å². The standard InChI is InChI=1S/C20H24N6O2S/c1-3-12-26-14(2)22-13-19(26)18-10-11-21-20(24-18)23-15-6-8-17(9-7-15)29(27,28)25-16-4-5-16/h6-11,13,16,25H,3-5,12H2,1-2H3,(H,21,23,24). The third kappa shape index (κ3) is 4.46. The van der Waals surface area contributed by atoms with Gasteiger partial charge in [-0.05, 0) is 56.5 Å². The largest absolute Gasteiger partial charge is 0.327 e. The Kier molecular flexibility index (Phi) is 5.33. The Labute approximate surface area is 170 Å². The molecule has 2 N–H and O–H groups in total. The number of aromatic nitrogens is 4. The second-order valence-corrected chi connectivity index (χ2v) is 8.87. The van der Waals surface area contributed by atoms with Gasteiger partial charge in [0.15, 0.2) is 0 Å². The summed E-state index contributed by atoms with van der Waals surface area (Å²) in [6.07, 6.45) is 6.34. The molecule has 1 aromatic carbocycles. The maximum atomic E-state index is 12.3. The molecule has 0 atom stereocenters. The van der Waals surface area contributed by atoms with Crippen LogP contribution in [0.25, 0.3) is 11.4 Å². The molecule has 0 amide bonds. The van der Waals surface area contributed by atoms with Crippen LogP contribution in [0.3, 0.4) is 0 Å². The molecule has 0 spiro atoms. The van der Waals surface area contributed by atoms with E-state index in [0.29, 0.717) is 11.6 Å². The number of nitrogens with one attached hydrogen (secondary N) is 2. The van der Waals surface area contributed by atoms with E-state index in [9.17, 15) is 8.42 Å². The fourth-order valence-corrected chi connectivity index (χ4v) is 4.38. The molecule has 4 rings (SSSR count). The first-order valence-electron chi connectivity index (χ1n) is 9.71. The summed E-state index contributed by atoms with van der Waals surface area (Å²) in [5.74, 6) is 1.39. The number of rotatable bonds is 8. The van der Waals surface area contributed by atoms with Crippen LogP contribution in [0.5, 0.6) is 0 Å². The van der Waals surface area contributed by atoms with Gasteiger partial charge in [0.1, 0.15) is 5.82 Å². The molecular formula is C20H24N6O2S. The lowest BCUT2D eigenvalue weighted by atomic mass is 10.3. The molecule has 0 saturated heterocycles. The molecule has 9 heteroatoms. The van der Waals surface area contributed by atoms with Crippen molar-refractivity contribution in [2.75, 3.05) is 5.32 Å². The Morgan fingerprint density at radius 1 is 1.14 bits per heavy atom. The molecule has 1 fully saturated rings. The number of anilines is 2. The lowest BCUT2D eigenvalue weighted by Crippen LogP contribution is -2.25. The summed E-state index contributed by atoms with van der Waals surface area (Å²) in [6, 6.07) is 8.52. The van der Waals surface area contributed by atoms with Gasteiger partial charge in [0, 0.05) is 24.5 Å². The molecule has 0 unspecified atom stereocenters. The molecule has 1 saturated carbocycles. The fourth-order valence-electron chi connectivity index (χ4n) is 3.08. The molecule has 152 valence electrons. The summed E-state index contributed by atoms with van der Waals surface area (Å²) in [7, 11) is -3.46. The molecule has 8 nitrogen and oxygen atoms in total. The zero-order valence-electron chi connectivity index (χ0n) is 16.5. The van der Waals surface area contributed by atoms with E-state index in [-0.39, 0.29) is 10.9 Å². The predicted molar refractivity (Wildman–Crippen MR) is 111 cm³/mol. The van der Waals surface area contributed by atoms with Crippen molar-refractivity contribution in [2.45, 2.75) is 50.6 Å². The van der Waals surface area contributed by atoms with E-state index in [1.807, 2.05) is 19.2 Å². The first-order valence-corrected chi connectivity index (χ1v) is 11.2. The number of hydrogen-bond donors (Lipinski definition) is 2. The minimum absolute atomic E-state index is 0.0822. The maximum Gasteiger partial charge on any atom is 0.240 e. The van der Waals surface area contributed by atoms with Gasteiger partial charge < -0.3 is 9.88 Å². The lowest BCUT2D eigenvalue weighted by molar-refractivity contribution is 0.581. The first kappa shape index (κ1) is 19.5. The monoisotopic (exact) mass is 412 g/mol. The van der Waals surface area contributed by atoms with Crippen LogP contribution in [0.1, 0.15) is 32.0 Å². The van der Waals surface area contributed by atoms with Crippen molar-refractivity contribution in [3.63, 3.8) is 0 Å². The average molecular weight is 413 g/mol. The van der Waals surface area contributed by atoms with Gasteiger partial charge in [-0.15, -0.1) is 0 Å². The van der Waals surface area contributed by atoms with E-state index < -0.39 is 10.0 Å². The summed E-state index contributed by atoms with van der Waals surface area (Å²) in [5, 5.41) is 3.14. The van der Waals surface area contributed by atoms with Crippen LogP contribution in [0.4, 0.5) is 11.6 Å². The number of nitrogens with zero attached hydrogens (tertiary/aromatic N) is 4. The summed E-state index contributed by atoms with van der Waals surface area (Å²) in [4.78, 5) is 13.5. The highest BCUT2D eigenvalue weighted by atomic mass is 32.2. The highest BCUT2D eigenvalue weighted by molar-refractivity contribution is 7.89. The highest BCUT2D eigenvalue weighted by Gasteiger charge is 2.27. The fraction of sp³-hybridized carbons (Fsp3) is 0.350. The summed E-state index contributed by atoms with van der Waals surface area (Å²) in [6.45, 7) is 4.98. The van der Waals surface area contributed by atoms with Crippen molar-refractivity contribution in [1.82, 2.24) is 24.2 Å². The van der Waals surface area contributed by atoms with Crippen LogP contribution in [-0.2, 0) is 16.6 Å². The molecule has 3 aromatic rings. The Balaban J connectivity index is 1.52. The van der Waals surface area contributed by atoms with E-state index in [0.717, 1.165) is 43.0 Å². The van der Waals surface area contributed by atoms with Crippen LogP contribution >= 0.6 is 0 Å². The van der Waals surface area contributed by atoms with Crippen LogP contribution in [-0.4, -0.2) is 34.0 Å². The molecule has 2 heterocycles. The molecule has 1 aliphatic rings. The van der Waals surface area contributed by atoms with Crippen molar-refractivity contribution in [1.29, 1.82) is 0 Å². The average Bonchev–Trinajstić information content (AvgIpc) is 3.43. The first-order chi connectivity index (χ1) is 14.0. The summed E-state index contributed by atoms with van der Waals surface area (Å²) in [5.41, 5.74) is 2.44.